The molecule has 0 saturated heterocycles. The van der Waals surface area contributed by atoms with Crippen LogP contribution in [0.1, 0.15) is 27.8 Å². The monoisotopic (exact) mass is 409 g/mol. The second kappa shape index (κ2) is 8.53. The lowest BCUT2D eigenvalue weighted by Crippen LogP contribution is -2.34. The Labute approximate surface area is 171 Å². The number of amides is 2. The number of carbonyl (C=O) groups excluding carboxylic acids is 3. The minimum atomic E-state index is -0.671. The molecule has 154 valence electrons. The van der Waals surface area contributed by atoms with Gasteiger partial charge in [0.1, 0.15) is 5.52 Å². The molecule has 0 fully saturated rings. The largest absolute Gasteiger partial charge is 0.504 e. The van der Waals surface area contributed by atoms with Gasteiger partial charge in [-0.3, -0.25) is 20.0 Å². The third kappa shape index (κ3) is 4.03. The van der Waals surface area contributed by atoms with E-state index in [1.165, 1.54) is 39.4 Å². The van der Waals surface area contributed by atoms with Crippen LogP contribution in [0, 0.1) is 0 Å². The fraction of sp³-hybridized carbons (Fsp3) is 0.150. The summed E-state index contributed by atoms with van der Waals surface area (Å²) >= 11 is 0. The molecule has 0 spiro atoms. The Kier molecular flexibility index (Phi) is 5.88. The minimum absolute atomic E-state index is 0.160. The number of fused-ring (bicyclic) bond motifs is 1. The number of aromatic hydroxyl groups is 1. The van der Waals surface area contributed by atoms with Crippen molar-refractivity contribution in [1.82, 2.24) is 20.8 Å². The van der Waals surface area contributed by atoms with Gasteiger partial charge in [0, 0.05) is 36.8 Å². The van der Waals surface area contributed by atoms with Crippen LogP contribution in [0.5, 0.6) is 5.75 Å². The number of nitrogens with zero attached hydrogens (tertiary/aromatic N) is 2. The topological polar surface area (TPSA) is 143 Å². The first-order valence-corrected chi connectivity index (χ1v) is 8.81. The molecule has 0 aliphatic carbocycles. The van der Waals surface area contributed by atoms with Gasteiger partial charge in [-0.15, -0.1) is 0 Å². The number of carbonyl (C=O) groups is 3. The van der Waals surface area contributed by atoms with Gasteiger partial charge in [0.15, 0.2) is 11.4 Å². The van der Waals surface area contributed by atoms with E-state index in [4.69, 9.17) is 4.74 Å². The number of hydrazine groups is 1. The Morgan fingerprint density at radius 1 is 1.17 bits per heavy atom. The third-order valence-electron chi connectivity index (χ3n) is 4.14. The molecule has 0 aliphatic rings. The van der Waals surface area contributed by atoms with Crippen molar-refractivity contribution < 1.29 is 24.2 Å². The van der Waals surface area contributed by atoms with E-state index in [2.05, 4.69) is 26.1 Å². The highest BCUT2D eigenvalue weighted by molar-refractivity contribution is 6.05. The summed E-state index contributed by atoms with van der Waals surface area (Å²) in [6.07, 6.45) is 1.47. The Morgan fingerprint density at radius 3 is 2.60 bits per heavy atom. The second-order valence-electron chi connectivity index (χ2n) is 6.23. The van der Waals surface area contributed by atoms with Gasteiger partial charge in [0.05, 0.1) is 18.4 Å². The van der Waals surface area contributed by atoms with E-state index in [0.717, 1.165) is 0 Å². The molecule has 2 heterocycles. The highest BCUT2D eigenvalue weighted by Crippen LogP contribution is 2.34. The maximum atomic E-state index is 12.4. The summed E-state index contributed by atoms with van der Waals surface area (Å²) < 4.78 is 4.79. The number of methoxy groups -OCH3 is 1. The Morgan fingerprint density at radius 2 is 1.93 bits per heavy atom. The van der Waals surface area contributed by atoms with Crippen molar-refractivity contribution >= 4 is 34.4 Å². The van der Waals surface area contributed by atoms with Crippen LogP contribution in [-0.4, -0.2) is 47.0 Å². The smallest absolute Gasteiger partial charge is 0.337 e. The molecule has 0 atom stereocenters. The van der Waals surface area contributed by atoms with Crippen molar-refractivity contribution in [2.45, 2.75) is 6.92 Å². The predicted molar refractivity (Wildman–Crippen MR) is 109 cm³/mol. The third-order valence-corrected chi connectivity index (χ3v) is 4.14. The summed E-state index contributed by atoms with van der Waals surface area (Å²) in [5.74, 6) is -2.00. The van der Waals surface area contributed by atoms with Crippen LogP contribution in [0.15, 0.2) is 36.5 Å². The lowest BCUT2D eigenvalue weighted by molar-refractivity contribution is -0.114. The molecule has 1 aromatic carbocycles. The standard InChI is InChI=1S/C20H19N5O5/c1-10(26)23-13-8-11(7-12(9-13)20(29)30-3)15-14-5-4-6-22-16(14)18(27)17(24-15)19(28)25-21-2/h4-9,21,27H,1-3H3,(H,23,26)(H,25,28). The summed E-state index contributed by atoms with van der Waals surface area (Å²) in [5, 5.41) is 13.6. The Hall–Kier alpha value is -4.05. The van der Waals surface area contributed by atoms with Crippen molar-refractivity contribution in [3.8, 4) is 17.0 Å². The molecule has 2 amide bonds. The average molecular weight is 409 g/mol. The second-order valence-corrected chi connectivity index (χ2v) is 6.23. The number of pyridine rings is 2. The van der Waals surface area contributed by atoms with Gasteiger partial charge < -0.3 is 15.2 Å². The van der Waals surface area contributed by atoms with E-state index in [9.17, 15) is 19.5 Å². The van der Waals surface area contributed by atoms with Crippen LogP contribution in [0.3, 0.4) is 0 Å². The molecule has 0 bridgehead atoms. The van der Waals surface area contributed by atoms with Crippen molar-refractivity contribution in [1.29, 1.82) is 0 Å². The zero-order valence-electron chi connectivity index (χ0n) is 16.4. The summed E-state index contributed by atoms with van der Waals surface area (Å²) in [6, 6.07) is 7.90. The highest BCUT2D eigenvalue weighted by Gasteiger charge is 2.21. The SMILES string of the molecule is CNNC(=O)c1nc(-c2cc(NC(C)=O)cc(C(=O)OC)c2)c2cccnc2c1O. The molecule has 0 aliphatic heterocycles. The molecule has 0 radical (unpaired) electrons. The number of hydrogen-bond donors (Lipinski definition) is 4. The number of nitrogens with one attached hydrogen (secondary N) is 3. The molecule has 0 unspecified atom stereocenters. The molecule has 3 rings (SSSR count). The summed E-state index contributed by atoms with van der Waals surface area (Å²) in [5.41, 5.74) is 5.96. The first kappa shape index (κ1) is 20.7. The van der Waals surface area contributed by atoms with Crippen LogP contribution in [0.4, 0.5) is 5.69 Å². The first-order chi connectivity index (χ1) is 14.3. The van der Waals surface area contributed by atoms with Gasteiger partial charge >= 0.3 is 5.97 Å². The summed E-state index contributed by atoms with van der Waals surface area (Å²) in [6.45, 7) is 1.34. The van der Waals surface area contributed by atoms with Crippen LogP contribution in [-0.2, 0) is 9.53 Å². The predicted octanol–water partition coefficient (Wildman–Crippen LogP) is 1.61. The molecule has 2 aromatic heterocycles. The van der Waals surface area contributed by atoms with Crippen LogP contribution < -0.4 is 16.2 Å². The highest BCUT2D eigenvalue weighted by atomic mass is 16.5. The summed E-state index contributed by atoms with van der Waals surface area (Å²) in [4.78, 5) is 44.5. The van der Waals surface area contributed by atoms with E-state index < -0.39 is 11.9 Å². The fourth-order valence-corrected chi connectivity index (χ4v) is 2.95. The van der Waals surface area contributed by atoms with Crippen LogP contribution in [0.25, 0.3) is 22.2 Å². The van der Waals surface area contributed by atoms with Gasteiger partial charge in [0.2, 0.25) is 5.91 Å². The van der Waals surface area contributed by atoms with Gasteiger partial charge in [-0.25, -0.2) is 15.2 Å². The van der Waals surface area contributed by atoms with E-state index in [1.807, 2.05) is 0 Å². The number of hydrogen-bond acceptors (Lipinski definition) is 8. The fourth-order valence-electron chi connectivity index (χ4n) is 2.95. The molecule has 30 heavy (non-hydrogen) atoms. The minimum Gasteiger partial charge on any atom is -0.504 e. The first-order valence-electron chi connectivity index (χ1n) is 8.81. The van der Waals surface area contributed by atoms with E-state index in [0.29, 0.717) is 16.6 Å². The number of benzene rings is 1. The van der Waals surface area contributed by atoms with Crippen molar-refractivity contribution in [3.63, 3.8) is 0 Å². The lowest BCUT2D eigenvalue weighted by Gasteiger charge is -2.13. The number of rotatable bonds is 5. The lowest BCUT2D eigenvalue weighted by atomic mass is 10.0. The quantitative estimate of drug-likeness (QED) is 0.368. The molecular weight excluding hydrogens is 390 g/mol. The zero-order valence-corrected chi connectivity index (χ0v) is 16.4. The maximum Gasteiger partial charge on any atom is 0.337 e. The summed E-state index contributed by atoms with van der Waals surface area (Å²) in [7, 11) is 2.74. The maximum absolute atomic E-state index is 12.4. The van der Waals surface area contributed by atoms with E-state index in [1.54, 1.807) is 18.2 Å². The molecule has 0 saturated carbocycles. The average Bonchev–Trinajstić information content (AvgIpc) is 2.73. The van der Waals surface area contributed by atoms with Gasteiger partial charge in [-0.2, -0.15) is 0 Å². The van der Waals surface area contributed by atoms with Crippen molar-refractivity contribution in [3.05, 3.63) is 47.8 Å². The molecule has 4 N–H and O–H groups in total. The number of ether oxygens (including phenoxy) is 1. The Balaban J connectivity index is 2.32. The number of aromatic nitrogens is 2. The van der Waals surface area contributed by atoms with Gasteiger partial charge in [0.25, 0.3) is 5.91 Å². The van der Waals surface area contributed by atoms with Gasteiger partial charge in [-0.05, 0) is 30.3 Å². The normalized spacial score (nSPS) is 10.5. The van der Waals surface area contributed by atoms with E-state index >= 15 is 0 Å². The number of esters is 1. The molecule has 10 nitrogen and oxygen atoms in total. The number of anilines is 1. The van der Waals surface area contributed by atoms with Crippen LogP contribution >= 0.6 is 0 Å². The van der Waals surface area contributed by atoms with Crippen molar-refractivity contribution in [2.24, 2.45) is 0 Å². The van der Waals surface area contributed by atoms with Gasteiger partial charge in [-0.1, -0.05) is 0 Å². The zero-order chi connectivity index (χ0) is 21.8. The Bertz CT molecular complexity index is 1160. The molecule has 3 aromatic rings. The van der Waals surface area contributed by atoms with E-state index in [-0.39, 0.29) is 34.1 Å². The molecular formula is C20H19N5O5. The van der Waals surface area contributed by atoms with Crippen LogP contribution in [0.2, 0.25) is 0 Å². The molecule has 10 heteroatoms. The van der Waals surface area contributed by atoms with Crippen molar-refractivity contribution in [2.75, 3.05) is 19.5 Å².